The summed E-state index contributed by atoms with van der Waals surface area (Å²) in [6.45, 7) is 5.25. The maximum Gasteiger partial charge on any atom is 0.338 e. The van der Waals surface area contributed by atoms with Crippen LogP contribution in [0.1, 0.15) is 48.2 Å². The van der Waals surface area contributed by atoms with Crippen LogP contribution in [0.25, 0.3) is 0 Å². The molecule has 0 amide bonds. The van der Waals surface area contributed by atoms with Gasteiger partial charge < -0.3 is 9.47 Å². The van der Waals surface area contributed by atoms with Crippen molar-refractivity contribution in [1.82, 2.24) is 0 Å². The number of aryl methyl sites for hydroxylation is 2. The summed E-state index contributed by atoms with van der Waals surface area (Å²) < 4.78 is 9.95. The van der Waals surface area contributed by atoms with E-state index in [-0.39, 0.29) is 11.9 Å². The number of carbonyl (C=O) groups is 2. The minimum absolute atomic E-state index is 0.358. The van der Waals surface area contributed by atoms with Gasteiger partial charge in [0, 0.05) is 6.92 Å². The van der Waals surface area contributed by atoms with Gasteiger partial charge in [-0.3, -0.25) is 4.79 Å². The number of carbonyl (C=O) groups excluding carboxylic acids is 2. The molecule has 0 bridgehead atoms. The van der Waals surface area contributed by atoms with Crippen LogP contribution in [-0.4, -0.2) is 19.0 Å². The van der Waals surface area contributed by atoms with Gasteiger partial charge in [0.05, 0.1) is 12.7 Å². The monoisotopic (exact) mass is 264 g/mol. The molecule has 0 radical (unpaired) electrons. The summed E-state index contributed by atoms with van der Waals surface area (Å²) in [6, 6.07) is 3.48. The summed E-state index contributed by atoms with van der Waals surface area (Å²) >= 11 is 0. The van der Waals surface area contributed by atoms with Gasteiger partial charge in [0.25, 0.3) is 0 Å². The number of methoxy groups -OCH3 is 1. The van der Waals surface area contributed by atoms with Crippen LogP contribution >= 0.6 is 0 Å². The molecular formula is C15H20O4. The Morgan fingerprint density at radius 1 is 1.26 bits per heavy atom. The molecule has 104 valence electrons. The van der Waals surface area contributed by atoms with E-state index in [9.17, 15) is 9.59 Å². The number of esters is 2. The van der Waals surface area contributed by atoms with Gasteiger partial charge in [0.1, 0.15) is 5.75 Å². The molecule has 0 saturated carbocycles. The molecule has 4 nitrogen and oxygen atoms in total. The highest BCUT2D eigenvalue weighted by molar-refractivity contribution is 5.91. The van der Waals surface area contributed by atoms with Crippen molar-refractivity contribution in [2.24, 2.45) is 0 Å². The standard InChI is InChI=1S/C15H20O4/c1-5-6-7-12-9-13(15(17)18-4)10(2)8-14(12)19-11(3)16/h8-9H,5-7H2,1-4H3. The second kappa shape index (κ2) is 6.92. The Balaban J connectivity index is 3.19. The predicted octanol–water partition coefficient (Wildman–Crippen LogP) is 3.05. The zero-order chi connectivity index (χ0) is 14.4. The summed E-state index contributed by atoms with van der Waals surface area (Å²) in [5.74, 6) is -0.196. The lowest BCUT2D eigenvalue weighted by Gasteiger charge is -2.12. The fourth-order valence-corrected chi connectivity index (χ4v) is 1.87. The molecule has 0 aliphatic rings. The van der Waals surface area contributed by atoms with Crippen molar-refractivity contribution in [1.29, 1.82) is 0 Å². The number of benzene rings is 1. The Bertz CT molecular complexity index is 477. The highest BCUT2D eigenvalue weighted by atomic mass is 16.5. The molecule has 0 fully saturated rings. The Labute approximate surface area is 113 Å². The first kappa shape index (κ1) is 15.2. The van der Waals surface area contributed by atoms with E-state index in [2.05, 4.69) is 6.92 Å². The number of hydrogen-bond donors (Lipinski definition) is 0. The fourth-order valence-electron chi connectivity index (χ4n) is 1.87. The molecule has 0 atom stereocenters. The first-order valence-corrected chi connectivity index (χ1v) is 6.39. The molecule has 0 unspecified atom stereocenters. The van der Waals surface area contributed by atoms with Crippen LogP contribution in [0.4, 0.5) is 0 Å². The molecule has 0 N–H and O–H groups in total. The van der Waals surface area contributed by atoms with Gasteiger partial charge in [-0.25, -0.2) is 4.79 Å². The van der Waals surface area contributed by atoms with Gasteiger partial charge in [0.15, 0.2) is 0 Å². The zero-order valence-corrected chi connectivity index (χ0v) is 11.9. The highest BCUT2D eigenvalue weighted by Crippen LogP contribution is 2.26. The lowest BCUT2D eigenvalue weighted by atomic mass is 10.00. The summed E-state index contributed by atoms with van der Waals surface area (Å²) in [6.07, 6.45) is 2.77. The molecule has 0 aliphatic heterocycles. The Morgan fingerprint density at radius 3 is 2.47 bits per heavy atom. The molecule has 0 aliphatic carbocycles. The van der Waals surface area contributed by atoms with Gasteiger partial charge in [-0.1, -0.05) is 13.3 Å². The van der Waals surface area contributed by atoms with Crippen molar-refractivity contribution in [3.63, 3.8) is 0 Å². The minimum Gasteiger partial charge on any atom is -0.465 e. The van der Waals surface area contributed by atoms with Crippen molar-refractivity contribution < 1.29 is 19.1 Å². The van der Waals surface area contributed by atoms with E-state index >= 15 is 0 Å². The Morgan fingerprint density at radius 2 is 1.95 bits per heavy atom. The molecule has 0 heterocycles. The van der Waals surface area contributed by atoms with Gasteiger partial charge in [0.2, 0.25) is 0 Å². The fraction of sp³-hybridized carbons (Fsp3) is 0.467. The molecule has 1 aromatic carbocycles. The van der Waals surface area contributed by atoms with Crippen molar-refractivity contribution >= 4 is 11.9 Å². The van der Waals surface area contributed by atoms with E-state index in [1.807, 2.05) is 0 Å². The third-order valence-electron chi connectivity index (χ3n) is 2.87. The predicted molar refractivity (Wildman–Crippen MR) is 72.4 cm³/mol. The molecule has 19 heavy (non-hydrogen) atoms. The first-order chi connectivity index (χ1) is 8.99. The van der Waals surface area contributed by atoms with Gasteiger partial charge in [-0.15, -0.1) is 0 Å². The van der Waals surface area contributed by atoms with E-state index in [1.165, 1.54) is 14.0 Å². The third kappa shape index (κ3) is 4.09. The van der Waals surface area contributed by atoms with E-state index in [1.54, 1.807) is 19.1 Å². The molecule has 1 rings (SSSR count). The average molecular weight is 264 g/mol. The van der Waals surface area contributed by atoms with Gasteiger partial charge >= 0.3 is 11.9 Å². The maximum atomic E-state index is 11.7. The summed E-state index contributed by atoms with van der Waals surface area (Å²) in [4.78, 5) is 22.8. The van der Waals surface area contributed by atoms with Crippen LogP contribution in [0.3, 0.4) is 0 Å². The molecule has 0 spiro atoms. The molecule has 4 heteroatoms. The van der Waals surface area contributed by atoms with Crippen LogP contribution in [0.5, 0.6) is 5.75 Å². The summed E-state index contributed by atoms with van der Waals surface area (Å²) in [5, 5.41) is 0. The van der Waals surface area contributed by atoms with Crippen LogP contribution in [0.15, 0.2) is 12.1 Å². The first-order valence-electron chi connectivity index (χ1n) is 6.39. The SMILES string of the molecule is CCCCc1cc(C(=O)OC)c(C)cc1OC(C)=O. The lowest BCUT2D eigenvalue weighted by Crippen LogP contribution is -2.09. The third-order valence-corrected chi connectivity index (χ3v) is 2.87. The van der Waals surface area contributed by atoms with E-state index in [4.69, 9.17) is 9.47 Å². The van der Waals surface area contributed by atoms with Crippen LogP contribution < -0.4 is 4.74 Å². The van der Waals surface area contributed by atoms with Gasteiger partial charge in [-0.2, -0.15) is 0 Å². The highest BCUT2D eigenvalue weighted by Gasteiger charge is 2.15. The smallest absolute Gasteiger partial charge is 0.338 e. The van der Waals surface area contributed by atoms with Gasteiger partial charge in [-0.05, 0) is 43.0 Å². The number of ether oxygens (including phenoxy) is 2. The van der Waals surface area contributed by atoms with Crippen molar-refractivity contribution in [3.8, 4) is 5.75 Å². The molecule has 1 aromatic rings. The largest absolute Gasteiger partial charge is 0.465 e. The van der Waals surface area contributed by atoms with Crippen LogP contribution in [0, 0.1) is 6.92 Å². The quantitative estimate of drug-likeness (QED) is 0.606. The molecular weight excluding hydrogens is 244 g/mol. The van der Waals surface area contributed by atoms with Crippen molar-refractivity contribution in [2.75, 3.05) is 7.11 Å². The van der Waals surface area contributed by atoms with Crippen molar-refractivity contribution in [2.45, 2.75) is 40.0 Å². The van der Waals surface area contributed by atoms with E-state index < -0.39 is 0 Å². The lowest BCUT2D eigenvalue weighted by molar-refractivity contribution is -0.131. The van der Waals surface area contributed by atoms with E-state index in [0.717, 1.165) is 30.4 Å². The van der Waals surface area contributed by atoms with E-state index in [0.29, 0.717) is 11.3 Å². The Kier molecular flexibility index (Phi) is 5.55. The second-order valence-electron chi connectivity index (χ2n) is 4.46. The average Bonchev–Trinajstić information content (AvgIpc) is 2.36. The number of rotatable bonds is 5. The zero-order valence-electron chi connectivity index (χ0n) is 11.9. The number of unbranched alkanes of at least 4 members (excludes halogenated alkanes) is 1. The summed E-state index contributed by atoms with van der Waals surface area (Å²) in [5.41, 5.74) is 2.12. The summed E-state index contributed by atoms with van der Waals surface area (Å²) in [7, 11) is 1.35. The molecule has 0 saturated heterocycles. The van der Waals surface area contributed by atoms with Crippen LogP contribution in [-0.2, 0) is 16.0 Å². The number of hydrogen-bond acceptors (Lipinski definition) is 4. The van der Waals surface area contributed by atoms with Crippen LogP contribution in [0.2, 0.25) is 0 Å². The maximum absolute atomic E-state index is 11.7. The minimum atomic E-state index is -0.371. The normalized spacial score (nSPS) is 10.1. The Hall–Kier alpha value is -1.84. The second-order valence-corrected chi connectivity index (χ2v) is 4.46. The topological polar surface area (TPSA) is 52.6 Å². The van der Waals surface area contributed by atoms with Crippen molar-refractivity contribution in [3.05, 3.63) is 28.8 Å². The molecule has 0 aromatic heterocycles.